The van der Waals surface area contributed by atoms with Crippen molar-refractivity contribution in [2.75, 3.05) is 32.0 Å². The molecule has 0 spiro atoms. The average molecular weight is 608 g/mol. The molecule has 0 bridgehead atoms. The van der Waals surface area contributed by atoms with Crippen LogP contribution in [0.2, 0.25) is 0 Å². The molecule has 6 rings (SSSR count). The maximum atomic E-state index is 14.3. The number of H-pyrrole nitrogens is 1. The van der Waals surface area contributed by atoms with E-state index in [2.05, 4.69) is 19.9 Å². The first-order valence-corrected chi connectivity index (χ1v) is 15.3. The Kier molecular flexibility index (Phi) is 8.06. The van der Waals surface area contributed by atoms with Gasteiger partial charge in [-0.15, -0.1) is 0 Å². The standard InChI is InChI=1S/C25H34N7O9P/c1-13-6-14(25(36)30-24(13)35)16-7-15(34)19(39-16)10-38-42(37,31-4-2-3-5-31)41-17-8-20(40-18(17)9-33)32-12-29-21-22(26)27-11-28-23(21)32/h6,11-12,15-20,33-34H,2-5,7-10H2,1H3,(H2,26,27,28)(H2,30,35,36)/t15?,16-,17?,18-,19-,20-,42?/m1/s1. The molecule has 3 fully saturated rings. The first-order chi connectivity index (χ1) is 20.2. The van der Waals surface area contributed by atoms with E-state index in [0.717, 1.165) is 12.8 Å². The number of aromatic amines is 1. The minimum absolute atomic E-state index is 0.119. The van der Waals surface area contributed by atoms with Crippen LogP contribution >= 0.6 is 7.75 Å². The number of hydrogen-bond acceptors (Lipinski definition) is 13. The lowest BCUT2D eigenvalue weighted by Crippen LogP contribution is -2.32. The summed E-state index contributed by atoms with van der Waals surface area (Å²) in [5.74, 6) is -0.0114. The van der Waals surface area contributed by atoms with Crippen LogP contribution in [0.25, 0.3) is 11.2 Å². The van der Waals surface area contributed by atoms with Crippen LogP contribution in [0.4, 0.5) is 5.82 Å². The molecule has 6 heterocycles. The SMILES string of the molecule is Cc1cc([C@H]2CC(O)[C@@H](COP(=O)(OC3C[C@H](n4cnc5c(N)ncnc54)O[C@@H]3CO)N3CCCC3)O2)c(=O)[nH]c1O. The van der Waals surface area contributed by atoms with Gasteiger partial charge in [0.05, 0.1) is 31.7 Å². The number of pyridine rings is 1. The molecule has 6 N–H and O–H groups in total. The highest BCUT2D eigenvalue weighted by atomic mass is 31.2. The molecule has 0 aromatic carbocycles. The molecular formula is C25H34N7O9P. The summed E-state index contributed by atoms with van der Waals surface area (Å²) in [5, 5.41) is 30.6. The minimum atomic E-state index is -3.94. The number of aryl methyl sites for hydroxylation is 1. The Bertz CT molecular complexity index is 1540. The van der Waals surface area contributed by atoms with E-state index in [9.17, 15) is 24.7 Å². The topological polar surface area (TPSA) is 220 Å². The molecule has 3 unspecified atom stereocenters. The van der Waals surface area contributed by atoms with Gasteiger partial charge in [0.25, 0.3) is 5.56 Å². The summed E-state index contributed by atoms with van der Waals surface area (Å²) < 4.78 is 41.7. The predicted molar refractivity (Wildman–Crippen MR) is 146 cm³/mol. The van der Waals surface area contributed by atoms with E-state index in [1.807, 2.05) is 0 Å². The van der Waals surface area contributed by atoms with E-state index in [1.165, 1.54) is 18.7 Å². The van der Waals surface area contributed by atoms with Crippen molar-refractivity contribution < 1.29 is 38.4 Å². The van der Waals surface area contributed by atoms with Gasteiger partial charge in [-0.05, 0) is 25.8 Å². The van der Waals surface area contributed by atoms with Crippen molar-refractivity contribution in [3.8, 4) is 5.88 Å². The maximum Gasteiger partial charge on any atom is 0.408 e. The quantitative estimate of drug-likeness (QED) is 0.213. The Morgan fingerprint density at radius 3 is 2.74 bits per heavy atom. The molecule has 3 aliphatic rings. The fourth-order valence-corrected chi connectivity index (χ4v) is 7.68. The molecule has 0 aliphatic carbocycles. The second kappa shape index (κ2) is 11.6. The third-order valence-corrected chi connectivity index (χ3v) is 10.1. The lowest BCUT2D eigenvalue weighted by molar-refractivity contribution is -0.0477. The van der Waals surface area contributed by atoms with E-state index < -0.39 is 56.7 Å². The van der Waals surface area contributed by atoms with E-state index in [4.69, 9.17) is 24.3 Å². The molecule has 3 saturated heterocycles. The van der Waals surface area contributed by atoms with Gasteiger partial charge in [0.1, 0.15) is 36.4 Å². The van der Waals surface area contributed by atoms with Gasteiger partial charge < -0.3 is 30.5 Å². The molecular weight excluding hydrogens is 573 g/mol. The zero-order valence-electron chi connectivity index (χ0n) is 22.9. The van der Waals surface area contributed by atoms with Crippen LogP contribution in [-0.2, 0) is 23.1 Å². The van der Waals surface area contributed by atoms with Gasteiger partial charge in [-0.1, -0.05) is 0 Å². The fraction of sp³-hybridized carbons (Fsp3) is 0.600. The molecule has 3 aromatic heterocycles. The lowest BCUT2D eigenvalue weighted by Gasteiger charge is -2.31. The molecule has 0 amide bonds. The van der Waals surface area contributed by atoms with E-state index in [0.29, 0.717) is 29.8 Å². The summed E-state index contributed by atoms with van der Waals surface area (Å²) in [7, 11) is -3.94. The molecule has 16 nitrogen and oxygen atoms in total. The summed E-state index contributed by atoms with van der Waals surface area (Å²) in [6, 6.07) is 1.52. The Balaban J connectivity index is 1.17. The number of rotatable bonds is 9. The van der Waals surface area contributed by atoms with Gasteiger partial charge in [-0.3, -0.25) is 23.4 Å². The molecule has 228 valence electrons. The second-order valence-electron chi connectivity index (χ2n) is 10.8. The smallest absolute Gasteiger partial charge is 0.408 e. The van der Waals surface area contributed by atoms with Crippen LogP contribution in [0.1, 0.15) is 49.1 Å². The van der Waals surface area contributed by atoms with Crippen LogP contribution in [0.3, 0.4) is 0 Å². The number of fused-ring (bicyclic) bond motifs is 1. The third-order valence-electron chi connectivity index (χ3n) is 7.97. The molecule has 3 aromatic rings. The number of imidazole rings is 1. The van der Waals surface area contributed by atoms with Gasteiger partial charge in [0.2, 0.25) is 0 Å². The number of aliphatic hydroxyl groups excluding tert-OH is 2. The Hall–Kier alpha value is -2.95. The monoisotopic (exact) mass is 607 g/mol. The van der Waals surface area contributed by atoms with Crippen LogP contribution in [0, 0.1) is 6.92 Å². The van der Waals surface area contributed by atoms with Crippen LogP contribution in [0.15, 0.2) is 23.5 Å². The number of anilines is 1. The van der Waals surface area contributed by atoms with Crippen molar-refractivity contribution in [3.63, 3.8) is 0 Å². The van der Waals surface area contributed by atoms with Crippen LogP contribution in [-0.4, -0.2) is 95.2 Å². The van der Waals surface area contributed by atoms with Crippen molar-refractivity contribution in [2.45, 2.75) is 69.4 Å². The van der Waals surface area contributed by atoms with Gasteiger partial charge in [0, 0.05) is 37.1 Å². The van der Waals surface area contributed by atoms with E-state index in [1.54, 1.807) is 16.2 Å². The van der Waals surface area contributed by atoms with Crippen molar-refractivity contribution in [1.82, 2.24) is 29.2 Å². The summed E-state index contributed by atoms with van der Waals surface area (Å²) in [5.41, 5.74) is 6.99. The largest absolute Gasteiger partial charge is 0.494 e. The van der Waals surface area contributed by atoms with Crippen LogP contribution in [0.5, 0.6) is 5.88 Å². The number of nitrogens with two attached hydrogens (primary N) is 1. The molecule has 42 heavy (non-hydrogen) atoms. The van der Waals surface area contributed by atoms with E-state index >= 15 is 0 Å². The van der Waals surface area contributed by atoms with Gasteiger partial charge >= 0.3 is 7.75 Å². The summed E-state index contributed by atoms with van der Waals surface area (Å²) in [6.45, 7) is 1.96. The number of nitrogens with one attached hydrogen (secondary N) is 1. The number of ether oxygens (including phenoxy) is 2. The number of aliphatic hydroxyl groups is 2. The maximum absolute atomic E-state index is 14.3. The van der Waals surface area contributed by atoms with Crippen molar-refractivity contribution >= 4 is 24.7 Å². The number of nitrogens with zero attached hydrogens (tertiary/aromatic N) is 5. The number of hydrogen-bond donors (Lipinski definition) is 5. The highest BCUT2D eigenvalue weighted by Gasteiger charge is 2.46. The first kappa shape index (κ1) is 29.1. The molecule has 0 radical (unpaired) electrons. The first-order valence-electron chi connectivity index (χ1n) is 13.8. The fourth-order valence-electron chi connectivity index (χ4n) is 5.65. The Labute approximate surface area is 240 Å². The normalized spacial score (nSPS) is 29.9. The average Bonchev–Trinajstić information content (AvgIpc) is 3.76. The summed E-state index contributed by atoms with van der Waals surface area (Å²) in [4.78, 5) is 27.2. The van der Waals surface area contributed by atoms with E-state index in [-0.39, 0.29) is 36.7 Å². The molecule has 17 heteroatoms. The zero-order chi connectivity index (χ0) is 29.6. The van der Waals surface area contributed by atoms with Gasteiger partial charge in [-0.25, -0.2) is 24.2 Å². The zero-order valence-corrected chi connectivity index (χ0v) is 23.8. The van der Waals surface area contributed by atoms with Gasteiger partial charge in [-0.2, -0.15) is 0 Å². The third kappa shape index (κ3) is 5.44. The predicted octanol–water partition coefficient (Wildman–Crippen LogP) is 0.887. The Morgan fingerprint density at radius 2 is 1.98 bits per heavy atom. The van der Waals surface area contributed by atoms with Gasteiger partial charge in [0.15, 0.2) is 17.3 Å². The number of nitrogen functional groups attached to an aromatic ring is 1. The summed E-state index contributed by atoms with van der Waals surface area (Å²) >= 11 is 0. The number of aromatic hydroxyl groups is 1. The molecule has 0 saturated carbocycles. The van der Waals surface area contributed by atoms with Crippen molar-refractivity contribution in [2.24, 2.45) is 0 Å². The minimum Gasteiger partial charge on any atom is -0.494 e. The van der Waals surface area contributed by atoms with Crippen molar-refractivity contribution in [3.05, 3.63) is 40.2 Å². The lowest BCUT2D eigenvalue weighted by atomic mass is 10.0. The highest BCUT2D eigenvalue weighted by Crippen LogP contribution is 2.57. The van der Waals surface area contributed by atoms with Crippen LogP contribution < -0.4 is 11.3 Å². The Morgan fingerprint density at radius 1 is 1.19 bits per heavy atom. The molecule has 3 aliphatic heterocycles. The molecule has 7 atom stereocenters. The van der Waals surface area contributed by atoms with Crippen molar-refractivity contribution in [1.29, 1.82) is 0 Å². The summed E-state index contributed by atoms with van der Waals surface area (Å²) in [6.07, 6.45) is -0.0827. The highest BCUT2D eigenvalue weighted by molar-refractivity contribution is 7.51. The number of aromatic nitrogens is 5. The second-order valence-corrected chi connectivity index (χ2v) is 12.7.